The summed E-state index contributed by atoms with van der Waals surface area (Å²) in [6, 6.07) is 27.8. The molecule has 0 aliphatic carbocycles. The van der Waals surface area contributed by atoms with Gasteiger partial charge in [0.2, 0.25) is 0 Å². The third-order valence-corrected chi connectivity index (χ3v) is 13.0. The molecule has 2 fully saturated rings. The quantitative estimate of drug-likeness (QED) is 0.0671. The van der Waals surface area contributed by atoms with Gasteiger partial charge in [-0.2, -0.15) is 5.26 Å². The summed E-state index contributed by atoms with van der Waals surface area (Å²) in [7, 11) is 1.47. The van der Waals surface area contributed by atoms with E-state index in [0.29, 0.717) is 30.1 Å². The molecule has 0 amide bonds. The van der Waals surface area contributed by atoms with Crippen molar-refractivity contribution in [1.82, 2.24) is 14.2 Å². The average molecular weight is 801 g/mol. The van der Waals surface area contributed by atoms with Crippen molar-refractivity contribution in [1.29, 1.82) is 5.26 Å². The number of H-pyrrole nitrogens is 1. The standard InChI is InChI=1S/C43H53N4O9P/c1-30(2)47(31(3)4)57(54-24-11-23-44)56-41-22-25-52-28-42(41,55-38(26-41)46-27-32(5)39(48)45-40(46)49)29-53-43(33-12-9-8-10-13-33,34-14-18-36(50-6)19-15-34)35-16-20-37(51-7)21-17-35/h8-10,12-21,27,30-31,38H,11,22,24-26,28-29H2,1-7H3,(H,45,48,49)/t38-,41-,42-,57?/m1/s1. The van der Waals surface area contributed by atoms with E-state index >= 15 is 0 Å². The van der Waals surface area contributed by atoms with Gasteiger partial charge in [0.25, 0.3) is 14.1 Å². The highest BCUT2D eigenvalue weighted by Crippen LogP contribution is 2.60. The number of hydrogen-bond donors (Lipinski definition) is 1. The molecule has 13 nitrogen and oxygen atoms in total. The first-order chi connectivity index (χ1) is 27.4. The number of benzene rings is 3. The average Bonchev–Trinajstić information content (AvgIpc) is 3.54. The molecule has 2 aliphatic heterocycles. The van der Waals surface area contributed by atoms with Crippen molar-refractivity contribution in [2.24, 2.45) is 0 Å². The van der Waals surface area contributed by atoms with Crippen LogP contribution in [0.5, 0.6) is 11.5 Å². The number of ether oxygens (including phenoxy) is 5. The van der Waals surface area contributed by atoms with E-state index in [1.807, 2.05) is 78.9 Å². The number of nitrogens with zero attached hydrogens (tertiary/aromatic N) is 3. The largest absolute Gasteiger partial charge is 0.497 e. The minimum atomic E-state index is -1.78. The van der Waals surface area contributed by atoms with Crippen LogP contribution in [0.1, 0.15) is 75.4 Å². The predicted molar refractivity (Wildman–Crippen MR) is 216 cm³/mol. The first kappa shape index (κ1) is 42.2. The number of methoxy groups -OCH3 is 2. The van der Waals surface area contributed by atoms with Crippen molar-refractivity contribution >= 4 is 8.53 Å². The number of hydrogen-bond acceptors (Lipinski definition) is 11. The summed E-state index contributed by atoms with van der Waals surface area (Å²) >= 11 is 0. The zero-order chi connectivity index (χ0) is 40.8. The Hall–Kier alpha value is -4.38. The molecular formula is C43H53N4O9P. The summed E-state index contributed by atoms with van der Waals surface area (Å²) in [5.74, 6) is 1.38. The monoisotopic (exact) mass is 800 g/mol. The van der Waals surface area contributed by atoms with Crippen molar-refractivity contribution in [3.63, 3.8) is 0 Å². The Morgan fingerprint density at radius 3 is 2.11 bits per heavy atom. The molecule has 4 atom stereocenters. The molecule has 3 heterocycles. The fraction of sp³-hybridized carbons (Fsp3) is 0.465. The van der Waals surface area contributed by atoms with Crippen molar-refractivity contribution in [2.75, 3.05) is 40.6 Å². The lowest BCUT2D eigenvalue weighted by Crippen LogP contribution is -2.62. The van der Waals surface area contributed by atoms with Crippen molar-refractivity contribution < 1.29 is 32.7 Å². The summed E-state index contributed by atoms with van der Waals surface area (Å²) in [5.41, 5.74) is -1.84. The van der Waals surface area contributed by atoms with Gasteiger partial charge in [-0.1, -0.05) is 54.6 Å². The van der Waals surface area contributed by atoms with E-state index in [1.54, 1.807) is 21.1 Å². The molecule has 0 spiro atoms. The SMILES string of the molecule is COc1ccc(C(OC[C@]23COCC[C@@]2(OP(OCCC#N)N(C(C)C)C(C)C)C[C@H](n2cc(C)c(=O)[nH]c2=O)O3)(c2ccccc2)c2ccc(OC)cc2)cc1. The molecule has 57 heavy (non-hydrogen) atoms. The van der Waals surface area contributed by atoms with Gasteiger partial charge >= 0.3 is 5.69 Å². The number of rotatable bonds is 17. The van der Waals surface area contributed by atoms with Crippen LogP contribution in [0.3, 0.4) is 0 Å². The molecule has 4 aromatic rings. The first-order valence-corrected chi connectivity index (χ1v) is 20.4. The van der Waals surface area contributed by atoms with Crippen LogP contribution >= 0.6 is 8.53 Å². The molecule has 6 rings (SSSR count). The molecule has 14 heteroatoms. The highest BCUT2D eigenvalue weighted by Gasteiger charge is 2.65. The molecule has 0 bridgehead atoms. The number of aryl methyl sites for hydroxylation is 1. The third kappa shape index (κ3) is 8.45. The predicted octanol–water partition coefficient (Wildman–Crippen LogP) is 6.98. The fourth-order valence-corrected chi connectivity index (χ4v) is 9.82. The minimum Gasteiger partial charge on any atom is -0.497 e. The second-order valence-corrected chi connectivity index (χ2v) is 16.4. The Bertz CT molecular complexity index is 2050. The first-order valence-electron chi connectivity index (χ1n) is 19.3. The van der Waals surface area contributed by atoms with Gasteiger partial charge in [-0.05, 0) is 75.6 Å². The second kappa shape index (κ2) is 18.0. The van der Waals surface area contributed by atoms with Crippen molar-refractivity contribution in [3.05, 3.63) is 128 Å². The molecule has 1 N–H and O–H groups in total. The lowest BCUT2D eigenvalue weighted by atomic mass is 9.77. The molecule has 304 valence electrons. The van der Waals surface area contributed by atoms with E-state index in [9.17, 15) is 14.9 Å². The number of fused-ring (bicyclic) bond motifs is 1. The van der Waals surface area contributed by atoms with Crippen LogP contribution in [0.25, 0.3) is 0 Å². The maximum Gasteiger partial charge on any atom is 0.330 e. The van der Waals surface area contributed by atoms with E-state index in [0.717, 1.165) is 16.7 Å². The van der Waals surface area contributed by atoms with E-state index in [-0.39, 0.29) is 44.7 Å². The molecule has 0 radical (unpaired) electrons. The maximum absolute atomic E-state index is 13.5. The van der Waals surface area contributed by atoms with Crippen molar-refractivity contribution in [3.8, 4) is 17.6 Å². The van der Waals surface area contributed by atoms with Crippen LogP contribution in [-0.4, -0.2) is 78.2 Å². The number of nitriles is 1. The number of aromatic amines is 1. The smallest absolute Gasteiger partial charge is 0.330 e. The molecule has 1 aromatic heterocycles. The van der Waals surface area contributed by atoms with Crippen molar-refractivity contribution in [2.45, 2.75) is 89.0 Å². The zero-order valence-corrected chi connectivity index (χ0v) is 34.6. The Balaban J connectivity index is 1.54. The van der Waals surface area contributed by atoms with Gasteiger partial charge in [0.05, 0.1) is 46.5 Å². The third-order valence-electron chi connectivity index (χ3n) is 10.7. The highest BCUT2D eigenvalue weighted by atomic mass is 31.2. The summed E-state index contributed by atoms with van der Waals surface area (Å²) in [5, 5.41) is 9.46. The molecule has 0 saturated carbocycles. The summed E-state index contributed by atoms with van der Waals surface area (Å²) in [4.78, 5) is 28.5. The van der Waals surface area contributed by atoms with Gasteiger partial charge < -0.3 is 32.7 Å². The maximum atomic E-state index is 13.5. The van der Waals surface area contributed by atoms with Crippen LogP contribution in [0.15, 0.2) is 94.6 Å². The van der Waals surface area contributed by atoms with Gasteiger partial charge in [0, 0.05) is 43.3 Å². The van der Waals surface area contributed by atoms with E-state index in [2.05, 4.69) is 43.4 Å². The molecule has 3 aromatic carbocycles. The normalized spacial score (nSPS) is 21.4. The molecule has 2 aliphatic rings. The zero-order valence-electron chi connectivity index (χ0n) is 33.7. The summed E-state index contributed by atoms with van der Waals surface area (Å²) in [6.07, 6.45) is 1.45. The minimum absolute atomic E-state index is 0.0264. The van der Waals surface area contributed by atoms with Gasteiger partial charge in [-0.25, -0.2) is 9.46 Å². The number of aromatic nitrogens is 2. The van der Waals surface area contributed by atoms with E-state index < -0.39 is 42.8 Å². The Morgan fingerprint density at radius 2 is 1.54 bits per heavy atom. The summed E-state index contributed by atoms with van der Waals surface area (Å²) in [6.45, 7) is 10.5. The van der Waals surface area contributed by atoms with Crippen LogP contribution in [0.2, 0.25) is 0 Å². The van der Waals surface area contributed by atoms with Crippen LogP contribution in [-0.2, 0) is 28.9 Å². The van der Waals surface area contributed by atoms with Gasteiger partial charge in [-0.3, -0.25) is 14.3 Å². The van der Waals surface area contributed by atoms with Gasteiger partial charge in [0.15, 0.2) is 0 Å². The summed E-state index contributed by atoms with van der Waals surface area (Å²) < 4.78 is 49.5. The van der Waals surface area contributed by atoms with Gasteiger partial charge in [-0.15, -0.1) is 0 Å². The van der Waals surface area contributed by atoms with Crippen LogP contribution in [0, 0.1) is 18.3 Å². The Morgan fingerprint density at radius 1 is 0.947 bits per heavy atom. The topological polar surface area (TPSA) is 146 Å². The fourth-order valence-electron chi connectivity index (χ4n) is 7.91. The molecule has 2 saturated heterocycles. The van der Waals surface area contributed by atoms with Crippen LogP contribution < -0.4 is 20.7 Å². The lowest BCUT2D eigenvalue weighted by Gasteiger charge is -2.50. The van der Waals surface area contributed by atoms with Gasteiger partial charge in [0.1, 0.15) is 34.5 Å². The van der Waals surface area contributed by atoms with Crippen LogP contribution in [0.4, 0.5) is 0 Å². The second-order valence-electron chi connectivity index (χ2n) is 15.0. The van der Waals surface area contributed by atoms with E-state index in [1.165, 1.54) is 10.8 Å². The Kier molecular flexibility index (Phi) is 13.4. The van der Waals surface area contributed by atoms with E-state index in [4.69, 9.17) is 32.7 Å². The Labute approximate surface area is 335 Å². The molecule has 1 unspecified atom stereocenters. The number of nitrogens with one attached hydrogen (secondary N) is 1. The highest BCUT2D eigenvalue weighted by molar-refractivity contribution is 7.44. The lowest BCUT2D eigenvalue weighted by molar-refractivity contribution is -0.231. The molecular weight excluding hydrogens is 747 g/mol.